The Balaban J connectivity index is 1.51. The zero-order valence-electron chi connectivity index (χ0n) is 15.5. The molecular weight excluding hydrogens is 414 g/mol. The maximum absolute atomic E-state index is 11.9. The third-order valence-electron chi connectivity index (χ3n) is 3.63. The van der Waals surface area contributed by atoms with Crippen LogP contribution in [0.2, 0.25) is 0 Å². The number of hydrogen-bond donors (Lipinski definition) is 2. The van der Waals surface area contributed by atoms with Crippen LogP contribution in [0.1, 0.15) is 5.56 Å². The number of thiazole rings is 1. The van der Waals surface area contributed by atoms with Crippen LogP contribution in [0.5, 0.6) is 5.75 Å². The minimum absolute atomic E-state index is 0.0318. The van der Waals surface area contributed by atoms with E-state index in [0.717, 1.165) is 4.70 Å². The third-order valence-corrected chi connectivity index (χ3v) is 4.56. The number of hydrogen-bond acceptors (Lipinski definition) is 9. The number of ether oxygens (including phenoxy) is 2. The highest BCUT2D eigenvalue weighted by Crippen LogP contribution is 2.29. The van der Waals surface area contributed by atoms with E-state index in [1.54, 1.807) is 18.2 Å². The van der Waals surface area contributed by atoms with Gasteiger partial charge in [-0.1, -0.05) is 11.3 Å². The summed E-state index contributed by atoms with van der Waals surface area (Å²) < 4.78 is 10.7. The summed E-state index contributed by atoms with van der Waals surface area (Å²) in [5, 5.41) is 17.3. The number of non-ortho nitro benzene ring substituents is 1. The number of methoxy groups -OCH3 is 1. The molecule has 0 radical (unpaired) electrons. The fourth-order valence-corrected chi connectivity index (χ4v) is 3.11. The molecule has 1 aromatic heterocycles. The van der Waals surface area contributed by atoms with Crippen molar-refractivity contribution >= 4 is 50.6 Å². The summed E-state index contributed by atoms with van der Waals surface area (Å²) in [5.74, 6) is -0.0316. The number of carbonyl (C=O) groups is 2. The highest BCUT2D eigenvalue weighted by Gasteiger charge is 2.09. The molecular formula is C18H15N5O6S. The van der Waals surface area contributed by atoms with Crippen LogP contribution in [0.15, 0.2) is 47.6 Å². The van der Waals surface area contributed by atoms with E-state index in [9.17, 15) is 19.7 Å². The lowest BCUT2D eigenvalue weighted by Crippen LogP contribution is -2.24. The van der Waals surface area contributed by atoms with Crippen molar-refractivity contribution in [3.63, 3.8) is 0 Å². The Morgan fingerprint density at radius 1 is 1.27 bits per heavy atom. The van der Waals surface area contributed by atoms with Crippen LogP contribution >= 0.6 is 11.3 Å². The van der Waals surface area contributed by atoms with Crippen LogP contribution in [0, 0.1) is 10.1 Å². The number of amides is 2. The van der Waals surface area contributed by atoms with E-state index >= 15 is 0 Å². The van der Waals surface area contributed by atoms with Crippen LogP contribution in [0.4, 0.5) is 15.6 Å². The predicted molar refractivity (Wildman–Crippen MR) is 110 cm³/mol. The summed E-state index contributed by atoms with van der Waals surface area (Å²) in [6.45, 7) is -0.269. The van der Waals surface area contributed by atoms with E-state index in [1.807, 2.05) is 0 Å². The zero-order chi connectivity index (χ0) is 21.5. The molecule has 2 amide bonds. The number of carbonyl (C=O) groups excluding carboxylic acids is 2. The topological polar surface area (TPSA) is 145 Å². The minimum atomic E-state index is -0.614. The summed E-state index contributed by atoms with van der Waals surface area (Å²) in [6, 6.07) is 10.8. The third kappa shape index (κ3) is 5.48. The monoisotopic (exact) mass is 429 g/mol. The van der Waals surface area contributed by atoms with Gasteiger partial charge >= 0.3 is 6.09 Å². The molecule has 154 valence electrons. The molecule has 11 nitrogen and oxygen atoms in total. The molecule has 0 bridgehead atoms. The molecule has 30 heavy (non-hydrogen) atoms. The van der Waals surface area contributed by atoms with E-state index in [4.69, 9.17) is 4.74 Å². The molecule has 2 N–H and O–H groups in total. The summed E-state index contributed by atoms with van der Waals surface area (Å²) in [5.41, 5.74) is 3.53. The van der Waals surface area contributed by atoms with Gasteiger partial charge in [-0.15, -0.1) is 0 Å². The van der Waals surface area contributed by atoms with Gasteiger partial charge in [-0.3, -0.25) is 20.2 Å². The van der Waals surface area contributed by atoms with Crippen molar-refractivity contribution in [2.24, 2.45) is 5.10 Å². The predicted octanol–water partition coefficient (Wildman–Crippen LogP) is 2.91. The van der Waals surface area contributed by atoms with E-state index in [0.29, 0.717) is 22.0 Å². The van der Waals surface area contributed by atoms with Gasteiger partial charge in [-0.25, -0.2) is 15.2 Å². The fraction of sp³-hybridized carbons (Fsp3) is 0.111. The van der Waals surface area contributed by atoms with E-state index < -0.39 is 16.9 Å². The minimum Gasteiger partial charge on any atom is -0.484 e. The first-order chi connectivity index (χ1) is 14.4. The Hall–Kier alpha value is -4.06. The summed E-state index contributed by atoms with van der Waals surface area (Å²) in [7, 11) is 1.26. The van der Waals surface area contributed by atoms with Gasteiger partial charge in [0.2, 0.25) is 0 Å². The largest absolute Gasteiger partial charge is 0.484 e. The van der Waals surface area contributed by atoms with E-state index in [1.165, 1.54) is 48.9 Å². The molecule has 3 aromatic rings. The molecule has 0 saturated heterocycles. The summed E-state index contributed by atoms with van der Waals surface area (Å²) in [6.07, 6.45) is 0.748. The number of aromatic nitrogens is 1. The van der Waals surface area contributed by atoms with E-state index in [2.05, 4.69) is 25.6 Å². The van der Waals surface area contributed by atoms with Crippen LogP contribution in [0.25, 0.3) is 10.2 Å². The van der Waals surface area contributed by atoms with Gasteiger partial charge in [-0.2, -0.15) is 5.10 Å². The molecule has 0 fully saturated rings. The standard InChI is InChI=1S/C18H15N5O6S/c1-28-18(25)21-17-20-14-7-6-13(8-15(14)30-17)29-10-16(24)22-19-9-11-2-4-12(5-3-11)23(26)27/h2-9H,10H2,1H3,(H,22,24)(H,20,21,25)/b19-9+. The smallest absolute Gasteiger partial charge is 0.413 e. The summed E-state index contributed by atoms with van der Waals surface area (Å²) in [4.78, 5) is 37.5. The number of nitro benzene ring substituents is 1. The molecule has 0 unspecified atom stereocenters. The lowest BCUT2D eigenvalue weighted by atomic mass is 10.2. The van der Waals surface area contributed by atoms with Crippen LogP contribution in [-0.4, -0.2) is 41.8 Å². The van der Waals surface area contributed by atoms with Gasteiger partial charge < -0.3 is 9.47 Å². The second-order valence-electron chi connectivity index (χ2n) is 5.70. The maximum Gasteiger partial charge on any atom is 0.413 e. The Labute approximate surface area is 173 Å². The Morgan fingerprint density at radius 2 is 2.03 bits per heavy atom. The molecule has 0 atom stereocenters. The molecule has 0 aliphatic heterocycles. The van der Waals surface area contributed by atoms with Crippen molar-refractivity contribution < 1.29 is 24.0 Å². The average Bonchev–Trinajstić information content (AvgIpc) is 3.13. The van der Waals surface area contributed by atoms with Crippen molar-refractivity contribution in [2.75, 3.05) is 19.0 Å². The second-order valence-corrected chi connectivity index (χ2v) is 6.73. The molecule has 0 spiro atoms. The highest BCUT2D eigenvalue weighted by atomic mass is 32.1. The quantitative estimate of drug-likeness (QED) is 0.334. The highest BCUT2D eigenvalue weighted by molar-refractivity contribution is 7.22. The number of nitro groups is 1. The molecule has 0 aliphatic carbocycles. The van der Waals surface area contributed by atoms with Gasteiger partial charge in [0.15, 0.2) is 11.7 Å². The van der Waals surface area contributed by atoms with E-state index in [-0.39, 0.29) is 12.3 Å². The number of hydrazone groups is 1. The van der Waals surface area contributed by atoms with Gasteiger partial charge in [0.25, 0.3) is 11.6 Å². The van der Waals surface area contributed by atoms with Crippen molar-refractivity contribution in [2.45, 2.75) is 0 Å². The first kappa shape index (κ1) is 20.7. The fourth-order valence-electron chi connectivity index (χ4n) is 2.23. The van der Waals surface area contributed by atoms with Gasteiger partial charge in [0, 0.05) is 12.1 Å². The normalized spacial score (nSPS) is 10.7. The lowest BCUT2D eigenvalue weighted by Gasteiger charge is -2.04. The Bertz CT molecular complexity index is 1110. The molecule has 1 heterocycles. The maximum atomic E-state index is 11.9. The molecule has 12 heteroatoms. The van der Waals surface area contributed by atoms with Gasteiger partial charge in [-0.05, 0) is 35.9 Å². The Kier molecular flexibility index (Phi) is 6.49. The van der Waals surface area contributed by atoms with Gasteiger partial charge in [0.05, 0.1) is 28.5 Å². The summed E-state index contributed by atoms with van der Waals surface area (Å²) >= 11 is 1.23. The molecule has 2 aromatic carbocycles. The zero-order valence-corrected chi connectivity index (χ0v) is 16.3. The van der Waals surface area contributed by atoms with Crippen LogP contribution in [0.3, 0.4) is 0 Å². The van der Waals surface area contributed by atoms with Crippen molar-refractivity contribution in [1.82, 2.24) is 10.4 Å². The average molecular weight is 429 g/mol. The van der Waals surface area contributed by atoms with Crippen molar-refractivity contribution in [1.29, 1.82) is 0 Å². The number of fused-ring (bicyclic) bond motifs is 1. The molecule has 0 saturated carbocycles. The first-order valence-corrected chi connectivity index (χ1v) is 9.21. The number of rotatable bonds is 7. The van der Waals surface area contributed by atoms with Crippen molar-refractivity contribution in [3.8, 4) is 5.75 Å². The lowest BCUT2D eigenvalue weighted by molar-refractivity contribution is -0.384. The van der Waals surface area contributed by atoms with Gasteiger partial charge in [0.1, 0.15) is 5.75 Å². The Morgan fingerprint density at radius 3 is 2.73 bits per heavy atom. The molecule has 3 rings (SSSR count). The number of anilines is 1. The number of nitrogens with zero attached hydrogens (tertiary/aromatic N) is 3. The van der Waals surface area contributed by atoms with Crippen molar-refractivity contribution in [3.05, 3.63) is 58.1 Å². The first-order valence-electron chi connectivity index (χ1n) is 8.39. The number of nitrogens with one attached hydrogen (secondary N) is 2. The SMILES string of the molecule is COC(=O)Nc1nc2ccc(OCC(=O)N/N=C/c3ccc([N+](=O)[O-])cc3)cc2s1. The second kappa shape index (κ2) is 9.43. The van der Waals surface area contributed by atoms with Crippen LogP contribution < -0.4 is 15.5 Å². The number of benzene rings is 2. The molecule has 0 aliphatic rings. The van der Waals surface area contributed by atoms with Crippen LogP contribution in [-0.2, 0) is 9.53 Å².